The summed E-state index contributed by atoms with van der Waals surface area (Å²) in [6.45, 7) is 5.03. The van der Waals surface area contributed by atoms with E-state index in [9.17, 15) is 9.90 Å². The van der Waals surface area contributed by atoms with Crippen molar-refractivity contribution in [1.29, 1.82) is 0 Å². The Kier molecular flexibility index (Phi) is 11.4. The van der Waals surface area contributed by atoms with E-state index in [1.807, 2.05) is 49.4 Å². The largest absolute Gasteiger partial charge is 0.393 e. The minimum absolute atomic E-state index is 0. The molecule has 30 heavy (non-hydrogen) atoms. The number of nitrogens with one attached hydrogen (secondary N) is 1. The van der Waals surface area contributed by atoms with Gasteiger partial charge in [0.05, 0.1) is 12.0 Å². The number of aliphatic hydroxyl groups is 1. The van der Waals surface area contributed by atoms with E-state index in [1.54, 1.807) is 0 Å². The van der Waals surface area contributed by atoms with Crippen LogP contribution in [0.1, 0.15) is 42.5 Å². The molecule has 166 valence electrons. The van der Waals surface area contributed by atoms with Crippen LogP contribution in [0.4, 0.5) is 0 Å². The van der Waals surface area contributed by atoms with Crippen LogP contribution in [-0.2, 0) is 17.9 Å². The molecule has 0 aromatic heterocycles. The number of benzene rings is 2. The molecule has 5 nitrogen and oxygen atoms in total. The third-order valence-corrected chi connectivity index (χ3v) is 5.66. The van der Waals surface area contributed by atoms with E-state index in [0.29, 0.717) is 6.54 Å². The number of hydrogen-bond acceptors (Lipinski definition) is 4. The Bertz CT molecular complexity index is 768. The average Bonchev–Trinajstić information content (AvgIpc) is 2.74. The van der Waals surface area contributed by atoms with Gasteiger partial charge in [0.2, 0.25) is 5.91 Å². The first-order valence-corrected chi connectivity index (χ1v) is 10.1. The van der Waals surface area contributed by atoms with Crippen molar-refractivity contribution in [2.24, 2.45) is 11.7 Å². The van der Waals surface area contributed by atoms with Crippen molar-refractivity contribution in [3.05, 3.63) is 71.3 Å². The van der Waals surface area contributed by atoms with Crippen molar-refractivity contribution >= 4 is 30.7 Å². The van der Waals surface area contributed by atoms with Gasteiger partial charge >= 0.3 is 0 Å². The Morgan fingerprint density at radius 3 is 2.27 bits per heavy atom. The Morgan fingerprint density at radius 2 is 1.63 bits per heavy atom. The van der Waals surface area contributed by atoms with Crippen molar-refractivity contribution < 1.29 is 9.90 Å². The van der Waals surface area contributed by atoms with Crippen molar-refractivity contribution in [2.75, 3.05) is 13.1 Å². The molecule has 2 atom stereocenters. The second kappa shape index (κ2) is 12.9. The number of nitrogens with two attached hydrogens (primary N) is 1. The molecule has 1 fully saturated rings. The summed E-state index contributed by atoms with van der Waals surface area (Å²) in [5.74, 6) is -0.342. The summed E-state index contributed by atoms with van der Waals surface area (Å²) < 4.78 is 0. The summed E-state index contributed by atoms with van der Waals surface area (Å²) in [4.78, 5) is 15.0. The molecule has 1 aliphatic rings. The Labute approximate surface area is 191 Å². The summed E-state index contributed by atoms with van der Waals surface area (Å²) >= 11 is 0. The first-order valence-electron chi connectivity index (χ1n) is 10.1. The van der Waals surface area contributed by atoms with Gasteiger partial charge in [0, 0.05) is 32.2 Å². The van der Waals surface area contributed by atoms with Crippen LogP contribution in [0.2, 0.25) is 0 Å². The number of hydrogen-bond donors (Lipinski definition) is 3. The molecule has 2 aromatic carbocycles. The monoisotopic (exact) mass is 453 g/mol. The van der Waals surface area contributed by atoms with Crippen molar-refractivity contribution in [3.63, 3.8) is 0 Å². The number of amides is 1. The van der Waals surface area contributed by atoms with E-state index in [0.717, 1.165) is 43.6 Å². The summed E-state index contributed by atoms with van der Waals surface area (Å²) in [6, 6.07) is 17.6. The highest BCUT2D eigenvalue weighted by Crippen LogP contribution is 2.20. The molecule has 7 heteroatoms. The maximum atomic E-state index is 12.6. The van der Waals surface area contributed by atoms with Gasteiger partial charge in [0.1, 0.15) is 0 Å². The molecule has 0 radical (unpaired) electrons. The zero-order chi connectivity index (χ0) is 19.9. The number of aliphatic hydroxyl groups excluding tert-OH is 1. The first-order chi connectivity index (χ1) is 13.5. The van der Waals surface area contributed by atoms with E-state index < -0.39 is 0 Å². The highest BCUT2D eigenvalue weighted by atomic mass is 35.5. The van der Waals surface area contributed by atoms with Crippen LogP contribution in [-0.4, -0.2) is 35.1 Å². The molecule has 1 amide bonds. The molecule has 3 rings (SSSR count). The molecule has 1 saturated heterocycles. The van der Waals surface area contributed by atoms with E-state index >= 15 is 0 Å². The van der Waals surface area contributed by atoms with Gasteiger partial charge in [-0.1, -0.05) is 61.5 Å². The molecule has 1 aliphatic heterocycles. The van der Waals surface area contributed by atoms with Gasteiger partial charge in [0.25, 0.3) is 0 Å². The number of halogens is 2. The molecular weight excluding hydrogens is 421 g/mol. The Morgan fingerprint density at radius 1 is 1.07 bits per heavy atom. The SMILES string of the molecule is CC(C(=O)NCc1ccccc1CN1CCC(O)CC1)C(N)c1ccccc1.Cl.Cl. The summed E-state index contributed by atoms with van der Waals surface area (Å²) in [5, 5.41) is 12.7. The van der Waals surface area contributed by atoms with Gasteiger partial charge in [0.15, 0.2) is 0 Å². The molecule has 0 bridgehead atoms. The third-order valence-electron chi connectivity index (χ3n) is 5.66. The van der Waals surface area contributed by atoms with Crippen LogP contribution < -0.4 is 11.1 Å². The van der Waals surface area contributed by atoms with Gasteiger partial charge in [-0.25, -0.2) is 0 Å². The number of rotatable bonds is 7. The normalized spacial score (nSPS) is 16.6. The molecule has 0 aliphatic carbocycles. The smallest absolute Gasteiger partial charge is 0.225 e. The van der Waals surface area contributed by atoms with Crippen LogP contribution in [0.25, 0.3) is 0 Å². The van der Waals surface area contributed by atoms with Crippen LogP contribution >= 0.6 is 24.8 Å². The average molecular weight is 454 g/mol. The molecule has 2 aromatic rings. The Hall–Kier alpha value is -1.63. The lowest BCUT2D eigenvalue weighted by Crippen LogP contribution is -2.36. The van der Waals surface area contributed by atoms with Crippen molar-refractivity contribution in [1.82, 2.24) is 10.2 Å². The van der Waals surface area contributed by atoms with E-state index in [2.05, 4.69) is 22.3 Å². The number of carbonyl (C=O) groups is 1. The van der Waals surface area contributed by atoms with Crippen LogP contribution in [0, 0.1) is 5.92 Å². The minimum atomic E-state index is -0.323. The van der Waals surface area contributed by atoms with E-state index in [4.69, 9.17) is 5.73 Å². The molecule has 0 saturated carbocycles. The number of likely N-dealkylation sites (tertiary alicyclic amines) is 1. The zero-order valence-electron chi connectivity index (χ0n) is 17.4. The Balaban J connectivity index is 0.00000225. The maximum Gasteiger partial charge on any atom is 0.225 e. The standard InChI is InChI=1S/C23H31N3O2.2ClH/c1-17(22(24)18-7-3-2-4-8-18)23(28)25-15-19-9-5-6-10-20(19)16-26-13-11-21(27)12-14-26;;/h2-10,17,21-22,27H,11-16,24H2,1H3,(H,25,28);2*1H. The van der Waals surface area contributed by atoms with E-state index in [-0.39, 0.29) is 48.8 Å². The second-order valence-corrected chi connectivity index (χ2v) is 7.72. The quantitative estimate of drug-likeness (QED) is 0.599. The zero-order valence-corrected chi connectivity index (χ0v) is 19.0. The van der Waals surface area contributed by atoms with Gasteiger partial charge in [-0.2, -0.15) is 0 Å². The highest BCUT2D eigenvalue weighted by molar-refractivity contribution is 5.85. The fraction of sp³-hybridized carbons (Fsp3) is 0.435. The molecule has 0 spiro atoms. The summed E-state index contributed by atoms with van der Waals surface area (Å²) in [6.07, 6.45) is 1.49. The number of nitrogens with zero attached hydrogens (tertiary/aromatic N) is 1. The highest BCUT2D eigenvalue weighted by Gasteiger charge is 2.22. The fourth-order valence-electron chi connectivity index (χ4n) is 3.67. The van der Waals surface area contributed by atoms with Gasteiger partial charge in [-0.15, -0.1) is 24.8 Å². The van der Waals surface area contributed by atoms with Crippen molar-refractivity contribution in [2.45, 2.75) is 45.0 Å². The van der Waals surface area contributed by atoms with E-state index in [1.165, 1.54) is 5.56 Å². The molecule has 2 unspecified atom stereocenters. The lowest BCUT2D eigenvalue weighted by Gasteiger charge is -2.30. The topological polar surface area (TPSA) is 78.6 Å². The van der Waals surface area contributed by atoms with Gasteiger partial charge in [-0.05, 0) is 29.5 Å². The number of piperidine rings is 1. The second-order valence-electron chi connectivity index (χ2n) is 7.72. The van der Waals surface area contributed by atoms with Crippen molar-refractivity contribution in [3.8, 4) is 0 Å². The maximum absolute atomic E-state index is 12.6. The molecule has 1 heterocycles. The van der Waals surface area contributed by atoms with Gasteiger partial charge < -0.3 is 16.2 Å². The lowest BCUT2D eigenvalue weighted by molar-refractivity contribution is -0.125. The van der Waals surface area contributed by atoms with Crippen LogP contribution in [0.5, 0.6) is 0 Å². The predicted octanol–water partition coefficient (Wildman–Crippen LogP) is 3.44. The van der Waals surface area contributed by atoms with Crippen LogP contribution in [0.15, 0.2) is 54.6 Å². The summed E-state index contributed by atoms with van der Waals surface area (Å²) in [5.41, 5.74) is 9.60. The minimum Gasteiger partial charge on any atom is -0.393 e. The molecular formula is C23H33Cl2N3O2. The molecule has 4 N–H and O–H groups in total. The van der Waals surface area contributed by atoms with Gasteiger partial charge in [-0.3, -0.25) is 9.69 Å². The van der Waals surface area contributed by atoms with Crippen LogP contribution in [0.3, 0.4) is 0 Å². The lowest BCUT2D eigenvalue weighted by atomic mass is 9.94. The predicted molar refractivity (Wildman–Crippen MR) is 126 cm³/mol. The third kappa shape index (κ3) is 7.25. The fourth-order valence-corrected chi connectivity index (χ4v) is 3.67. The first kappa shape index (κ1) is 26.4. The number of carbonyl (C=O) groups excluding carboxylic acids is 1. The summed E-state index contributed by atoms with van der Waals surface area (Å²) in [7, 11) is 0.